The van der Waals surface area contributed by atoms with E-state index in [2.05, 4.69) is 49.9 Å². The minimum atomic E-state index is 0. The molecule has 0 saturated carbocycles. The van der Waals surface area contributed by atoms with Gasteiger partial charge in [0.1, 0.15) is 19.3 Å². The van der Waals surface area contributed by atoms with Gasteiger partial charge in [0.05, 0.1) is 0 Å². The Labute approximate surface area is 106 Å². The van der Waals surface area contributed by atoms with Gasteiger partial charge in [-0.3, -0.25) is 0 Å². The molecule has 0 aromatic carbocycles. The second-order valence-electron chi connectivity index (χ2n) is 5.38. The van der Waals surface area contributed by atoms with Gasteiger partial charge in [-0.05, 0) is 6.08 Å². The number of likely N-dealkylation sites (N-methyl/N-ethyl adjacent to an activating group) is 1. The molecule has 4 heteroatoms. The third-order valence-corrected chi connectivity index (χ3v) is 2.67. The molecule has 0 aliphatic carbocycles. The van der Waals surface area contributed by atoms with Crippen LogP contribution < -0.4 is 23.1 Å². The molecule has 3 nitrogen and oxygen atoms in total. The van der Waals surface area contributed by atoms with E-state index >= 15 is 0 Å². The quantitative estimate of drug-likeness (QED) is 0.599. The summed E-state index contributed by atoms with van der Waals surface area (Å²) in [6.07, 6.45) is 6.62. The minimum Gasteiger partial charge on any atom is -1.00 e. The van der Waals surface area contributed by atoms with Crippen molar-refractivity contribution < 1.29 is 17.0 Å². The molecule has 0 radical (unpaired) electrons. The van der Waals surface area contributed by atoms with E-state index in [9.17, 15) is 0 Å². The Bertz CT molecular complexity index is 278. The number of hydrogen-bond acceptors (Lipinski definition) is 2. The van der Waals surface area contributed by atoms with E-state index in [1.807, 2.05) is 14.1 Å². The first-order chi connectivity index (χ1) is 6.91. The number of nitrogens with zero attached hydrogens (tertiary/aromatic N) is 1. The number of nitrogens with one attached hydrogen (secondary N) is 2. The molecule has 16 heavy (non-hydrogen) atoms. The fourth-order valence-electron chi connectivity index (χ4n) is 2.01. The van der Waals surface area contributed by atoms with Gasteiger partial charge in [0.15, 0.2) is 0 Å². The first-order valence-electron chi connectivity index (χ1n) is 5.54. The van der Waals surface area contributed by atoms with Crippen LogP contribution in [-0.2, 0) is 0 Å². The minimum absolute atomic E-state index is 0. The van der Waals surface area contributed by atoms with Crippen molar-refractivity contribution in [2.45, 2.75) is 20.8 Å². The lowest BCUT2D eigenvalue weighted by molar-refractivity contribution is -0.922. The monoisotopic (exact) mass is 245 g/mol. The number of rotatable bonds is 3. The Morgan fingerprint density at radius 2 is 1.94 bits per heavy atom. The lowest BCUT2D eigenvalue weighted by Gasteiger charge is -2.38. The molecule has 0 aromatic rings. The Morgan fingerprint density at radius 1 is 1.31 bits per heavy atom. The summed E-state index contributed by atoms with van der Waals surface area (Å²) in [5, 5.41) is 3.17. The van der Waals surface area contributed by atoms with E-state index in [4.69, 9.17) is 0 Å². The molecule has 1 aliphatic rings. The third kappa shape index (κ3) is 4.16. The van der Waals surface area contributed by atoms with Gasteiger partial charge in [0.2, 0.25) is 0 Å². The molecule has 1 aliphatic heterocycles. The normalized spacial score (nSPS) is 24.7. The highest BCUT2D eigenvalue weighted by Crippen LogP contribution is 2.22. The van der Waals surface area contributed by atoms with E-state index in [1.165, 1.54) is 5.70 Å². The molecule has 1 atom stereocenters. The van der Waals surface area contributed by atoms with Gasteiger partial charge in [-0.25, -0.2) is 4.59 Å². The zero-order valence-corrected chi connectivity index (χ0v) is 11.7. The van der Waals surface area contributed by atoms with E-state index in [0.29, 0.717) is 5.41 Å². The molecular formula is C12H24ClN3. The van der Waals surface area contributed by atoms with Crippen molar-refractivity contribution in [3.05, 3.63) is 24.0 Å². The van der Waals surface area contributed by atoms with Gasteiger partial charge in [0, 0.05) is 31.3 Å². The second-order valence-corrected chi connectivity index (χ2v) is 5.38. The summed E-state index contributed by atoms with van der Waals surface area (Å²) >= 11 is 0. The summed E-state index contributed by atoms with van der Waals surface area (Å²) < 4.78 is 0.828. The van der Waals surface area contributed by atoms with Gasteiger partial charge < -0.3 is 17.7 Å². The van der Waals surface area contributed by atoms with Crippen molar-refractivity contribution >= 4 is 0 Å². The molecule has 0 aromatic heterocycles. The lowest BCUT2D eigenvalue weighted by Crippen LogP contribution is -3.00. The van der Waals surface area contributed by atoms with Crippen LogP contribution in [0.2, 0.25) is 0 Å². The van der Waals surface area contributed by atoms with Crippen molar-refractivity contribution in [2.24, 2.45) is 5.41 Å². The van der Waals surface area contributed by atoms with Crippen LogP contribution in [-0.4, -0.2) is 31.8 Å². The molecule has 0 spiro atoms. The van der Waals surface area contributed by atoms with E-state index in [1.54, 1.807) is 0 Å². The van der Waals surface area contributed by atoms with Gasteiger partial charge in [-0.1, -0.05) is 20.8 Å². The summed E-state index contributed by atoms with van der Waals surface area (Å²) in [6.45, 7) is 8.91. The summed E-state index contributed by atoms with van der Waals surface area (Å²) in [6, 6.07) is 0. The fourth-order valence-corrected chi connectivity index (χ4v) is 2.01. The van der Waals surface area contributed by atoms with E-state index < -0.39 is 0 Å². The maximum absolute atomic E-state index is 3.40. The van der Waals surface area contributed by atoms with Crippen molar-refractivity contribution in [1.82, 2.24) is 10.7 Å². The molecule has 94 valence electrons. The number of quaternary nitrogens is 1. The SMILES string of the molecule is CNC1=CC[N+](CC(C)(C)C)(NC)C=C1.[Cl-]. The predicted octanol–water partition coefficient (Wildman–Crippen LogP) is -1.38. The van der Waals surface area contributed by atoms with Crippen LogP contribution in [0.5, 0.6) is 0 Å². The Morgan fingerprint density at radius 3 is 2.25 bits per heavy atom. The highest BCUT2D eigenvalue weighted by Gasteiger charge is 2.31. The molecule has 1 unspecified atom stereocenters. The van der Waals surface area contributed by atoms with Crippen molar-refractivity contribution in [3.63, 3.8) is 0 Å². The molecule has 0 saturated heterocycles. The zero-order chi connectivity index (χ0) is 11.5. The number of halogens is 1. The van der Waals surface area contributed by atoms with Crippen LogP contribution in [0.4, 0.5) is 0 Å². The summed E-state index contributed by atoms with van der Waals surface area (Å²) in [5.74, 6) is 0. The predicted molar refractivity (Wildman–Crippen MR) is 64.8 cm³/mol. The lowest BCUT2D eigenvalue weighted by atomic mass is 9.95. The standard InChI is InChI=1S/C12H24N3.ClH/c1-12(2,3)10-15(14-5)8-6-11(13-4)7-9-15;/h6-8,13-14H,9-10H2,1-5H3;1H/q+1;/p-1. The largest absolute Gasteiger partial charge is 1.00 e. The topological polar surface area (TPSA) is 24.1 Å². The third-order valence-electron chi connectivity index (χ3n) is 2.67. The first kappa shape index (κ1) is 15.5. The average molecular weight is 246 g/mol. The van der Waals surface area contributed by atoms with Gasteiger partial charge in [0.25, 0.3) is 0 Å². The summed E-state index contributed by atoms with van der Waals surface area (Å²) in [7, 11) is 3.98. The zero-order valence-electron chi connectivity index (χ0n) is 11.0. The smallest absolute Gasteiger partial charge is 0.122 e. The molecule has 0 fully saturated rings. The van der Waals surface area contributed by atoms with Crippen molar-refractivity contribution in [1.29, 1.82) is 0 Å². The average Bonchev–Trinajstić information content (AvgIpc) is 2.16. The second kappa shape index (κ2) is 5.71. The first-order valence-corrected chi connectivity index (χ1v) is 5.54. The Kier molecular flexibility index (Phi) is 5.53. The Hall–Kier alpha value is -0.510. The molecule has 1 rings (SSSR count). The molecule has 1 heterocycles. The molecule has 0 bridgehead atoms. The Balaban J connectivity index is 0.00000225. The molecular weight excluding hydrogens is 222 g/mol. The fraction of sp³-hybridized carbons (Fsp3) is 0.667. The van der Waals surface area contributed by atoms with Gasteiger partial charge >= 0.3 is 0 Å². The summed E-state index contributed by atoms with van der Waals surface area (Å²) in [5.41, 5.74) is 4.92. The van der Waals surface area contributed by atoms with E-state index in [-0.39, 0.29) is 12.4 Å². The maximum Gasteiger partial charge on any atom is 0.122 e. The van der Waals surface area contributed by atoms with Crippen LogP contribution in [0.15, 0.2) is 24.0 Å². The molecule has 0 amide bonds. The van der Waals surface area contributed by atoms with Crippen molar-refractivity contribution in [2.75, 3.05) is 27.2 Å². The van der Waals surface area contributed by atoms with Crippen LogP contribution in [0.25, 0.3) is 0 Å². The number of allylic oxidation sites excluding steroid dienone is 1. The van der Waals surface area contributed by atoms with Crippen LogP contribution in [0, 0.1) is 5.41 Å². The van der Waals surface area contributed by atoms with Crippen LogP contribution in [0.3, 0.4) is 0 Å². The van der Waals surface area contributed by atoms with Crippen LogP contribution >= 0.6 is 0 Å². The summed E-state index contributed by atoms with van der Waals surface area (Å²) in [4.78, 5) is 0. The maximum atomic E-state index is 3.40. The van der Waals surface area contributed by atoms with Gasteiger partial charge in [-0.15, -0.1) is 0 Å². The van der Waals surface area contributed by atoms with Gasteiger partial charge in [-0.2, -0.15) is 5.43 Å². The van der Waals surface area contributed by atoms with Crippen molar-refractivity contribution in [3.8, 4) is 0 Å². The highest BCUT2D eigenvalue weighted by atomic mass is 35.5. The van der Waals surface area contributed by atoms with E-state index in [0.717, 1.165) is 17.7 Å². The highest BCUT2D eigenvalue weighted by molar-refractivity contribution is 5.17. The molecule has 2 N–H and O–H groups in total. The number of hydrogen-bond donors (Lipinski definition) is 2. The van der Waals surface area contributed by atoms with Crippen LogP contribution in [0.1, 0.15) is 20.8 Å².